The number of Topliss-reactive ketones (excluding diaryl/α,β-unsaturated/α-hetero) is 1. The molecule has 2 aliphatic rings. The molecule has 1 saturated carbocycles. The molecule has 3 aromatic rings. The van der Waals surface area contributed by atoms with Gasteiger partial charge in [0.05, 0.1) is 17.4 Å². The Kier molecular flexibility index (Phi) is 10.7. The van der Waals surface area contributed by atoms with E-state index in [1.54, 1.807) is 17.7 Å². The van der Waals surface area contributed by atoms with Crippen molar-refractivity contribution in [2.75, 3.05) is 36.4 Å². The van der Waals surface area contributed by atoms with E-state index in [0.717, 1.165) is 63.0 Å². The van der Waals surface area contributed by atoms with Gasteiger partial charge in [-0.25, -0.2) is 9.97 Å². The van der Waals surface area contributed by atoms with Crippen LogP contribution in [0, 0.1) is 6.92 Å². The van der Waals surface area contributed by atoms with Gasteiger partial charge in [-0.05, 0) is 82.5 Å². The minimum atomic E-state index is -1.68. The number of nitrogens with zero attached hydrogens (tertiary/aromatic N) is 6. The molecule has 0 bridgehead atoms. The maximum atomic E-state index is 13.5. The lowest BCUT2D eigenvalue weighted by Gasteiger charge is -2.36. The molecule has 13 heteroatoms. The lowest BCUT2D eigenvalue weighted by molar-refractivity contribution is -0.131. The summed E-state index contributed by atoms with van der Waals surface area (Å²) < 4.78 is 8.10. The first-order valence-corrected chi connectivity index (χ1v) is 22.4. The highest BCUT2D eigenvalue weighted by molar-refractivity contribution is 6.78. The van der Waals surface area contributed by atoms with E-state index in [9.17, 15) is 14.4 Å². The van der Waals surface area contributed by atoms with Gasteiger partial charge in [-0.2, -0.15) is 4.98 Å². The zero-order valence-electron chi connectivity index (χ0n) is 28.3. The summed E-state index contributed by atoms with van der Waals surface area (Å²) in [5.74, 6) is 0.945. The molecule has 1 amide bonds. The van der Waals surface area contributed by atoms with Gasteiger partial charge < -0.3 is 19.2 Å². The van der Waals surface area contributed by atoms with E-state index in [4.69, 9.17) is 9.10 Å². The van der Waals surface area contributed by atoms with E-state index >= 15 is 0 Å². The first-order chi connectivity index (χ1) is 22.0. The summed E-state index contributed by atoms with van der Waals surface area (Å²) in [5.41, 5.74) is 2.13. The van der Waals surface area contributed by atoms with Gasteiger partial charge >= 0.3 is 0 Å². The molecule has 2 fully saturated rings. The van der Waals surface area contributed by atoms with Crippen LogP contribution in [0.4, 0.5) is 17.5 Å². The molecule has 11 nitrogen and oxygen atoms in total. The monoisotopic (exact) mass is 663 g/mol. The Balaban J connectivity index is 1.20. The predicted octanol–water partition coefficient (Wildman–Crippen LogP) is 5.58. The van der Waals surface area contributed by atoms with Gasteiger partial charge in [0.2, 0.25) is 11.9 Å². The van der Waals surface area contributed by atoms with Gasteiger partial charge in [0.25, 0.3) is 5.56 Å². The van der Waals surface area contributed by atoms with Gasteiger partial charge in [-0.15, -0.1) is 0 Å². The maximum absolute atomic E-state index is 13.5. The van der Waals surface area contributed by atoms with Crippen LogP contribution < -0.4 is 15.8 Å². The number of nitrogens with one attached hydrogen (secondary N) is 1. The second-order valence-corrected chi connectivity index (χ2v) is 20.8. The van der Waals surface area contributed by atoms with E-state index in [-0.39, 0.29) is 28.9 Å². The molecular formula is C33H49N7O4Si2. The smallest absolute Gasteiger partial charge is 0.263 e. The van der Waals surface area contributed by atoms with E-state index in [1.807, 2.05) is 23.2 Å². The minimum Gasteiger partial charge on any atom is -0.458 e. The Hall–Kier alpha value is -3.43. The van der Waals surface area contributed by atoms with E-state index < -0.39 is 17.4 Å². The quantitative estimate of drug-likeness (QED) is 0.195. The molecule has 5 rings (SSSR count). The fourth-order valence-electron chi connectivity index (χ4n) is 6.79. The molecule has 0 radical (unpaired) electrons. The van der Waals surface area contributed by atoms with Gasteiger partial charge in [0.15, 0.2) is 23.1 Å². The highest BCUT2D eigenvalue weighted by Gasteiger charge is 2.28. The summed E-state index contributed by atoms with van der Waals surface area (Å²) in [7, 11) is -2.74. The number of pyridine rings is 2. The van der Waals surface area contributed by atoms with Crippen LogP contribution >= 0.6 is 0 Å². The number of amides is 1. The average molecular weight is 664 g/mol. The van der Waals surface area contributed by atoms with E-state index in [1.165, 1.54) is 6.92 Å². The van der Waals surface area contributed by atoms with Crippen molar-refractivity contribution >= 4 is 57.5 Å². The van der Waals surface area contributed by atoms with Crippen LogP contribution in [0.2, 0.25) is 31.7 Å². The van der Waals surface area contributed by atoms with Crippen molar-refractivity contribution in [1.29, 1.82) is 0 Å². The molecule has 46 heavy (non-hydrogen) atoms. The Morgan fingerprint density at radius 3 is 2.43 bits per heavy atom. The van der Waals surface area contributed by atoms with E-state index in [2.05, 4.69) is 46.7 Å². The normalized spacial score (nSPS) is 16.7. The van der Waals surface area contributed by atoms with Crippen molar-refractivity contribution in [3.05, 3.63) is 46.0 Å². The standard InChI is InChI=1S/C33H49N7O4Si2/c1-7-45(4)44-46(5,6)20-10-13-29(42)39-18-16-38(17-19-39)26-14-15-28(34-21-26)36-33-35-22-27-23(2)30(24(3)41)32(43)40(31(27)37-33)25-11-8-9-12-25/h14-15,21-22,25,45H,7-13,16-20H2,1-6H3,(H,34,35,36,37). The van der Waals surface area contributed by atoms with Crippen LogP contribution in [0.25, 0.3) is 11.0 Å². The Morgan fingerprint density at radius 2 is 1.80 bits per heavy atom. The molecule has 3 aromatic heterocycles. The molecule has 1 N–H and O–H groups in total. The number of aromatic nitrogens is 4. The molecule has 0 aromatic carbocycles. The maximum Gasteiger partial charge on any atom is 0.263 e. The molecule has 0 spiro atoms. The summed E-state index contributed by atoms with van der Waals surface area (Å²) >= 11 is 0. The third-order valence-corrected chi connectivity index (χ3v) is 16.4. The molecular weight excluding hydrogens is 615 g/mol. The fourth-order valence-corrected chi connectivity index (χ4v) is 13.3. The number of ketones is 1. The first-order valence-electron chi connectivity index (χ1n) is 16.8. The van der Waals surface area contributed by atoms with Crippen LogP contribution in [0.3, 0.4) is 0 Å². The molecule has 1 aliphatic carbocycles. The van der Waals surface area contributed by atoms with Crippen LogP contribution in [0.15, 0.2) is 29.3 Å². The molecule has 248 valence electrons. The second-order valence-electron chi connectivity index (χ2n) is 13.4. The predicted molar refractivity (Wildman–Crippen MR) is 188 cm³/mol. The SMILES string of the molecule is CC[SiH](C)O[Si](C)(C)CCCC(=O)N1CCN(c2ccc(Nc3ncc4c(C)c(C(C)=O)c(=O)n(C5CCCC5)c4n3)nc2)CC1. The highest BCUT2D eigenvalue weighted by Crippen LogP contribution is 2.32. The van der Waals surface area contributed by atoms with Crippen molar-refractivity contribution in [2.24, 2.45) is 0 Å². The third kappa shape index (κ3) is 7.75. The highest BCUT2D eigenvalue weighted by atomic mass is 28.4. The topological polar surface area (TPSA) is 123 Å². The lowest BCUT2D eigenvalue weighted by Crippen LogP contribution is -2.48. The number of anilines is 3. The average Bonchev–Trinajstić information content (AvgIpc) is 3.55. The number of piperazine rings is 1. The number of carbonyl (C=O) groups is 2. The number of rotatable bonds is 12. The summed E-state index contributed by atoms with van der Waals surface area (Å²) in [4.78, 5) is 56.9. The van der Waals surface area contributed by atoms with Crippen molar-refractivity contribution in [2.45, 2.75) is 97.1 Å². The Labute approximate surface area is 274 Å². The lowest BCUT2D eigenvalue weighted by atomic mass is 10.0. The first kappa shape index (κ1) is 33.9. The summed E-state index contributed by atoms with van der Waals surface area (Å²) in [5, 5.41) is 3.91. The summed E-state index contributed by atoms with van der Waals surface area (Å²) in [6.07, 6.45) is 8.90. The number of carbonyl (C=O) groups excluding carboxylic acids is 2. The van der Waals surface area contributed by atoms with Crippen LogP contribution in [0.1, 0.15) is 74.3 Å². The van der Waals surface area contributed by atoms with Gasteiger partial charge in [-0.1, -0.05) is 19.8 Å². The zero-order chi connectivity index (χ0) is 33.0. The zero-order valence-corrected chi connectivity index (χ0v) is 30.4. The molecule has 1 unspecified atom stereocenters. The van der Waals surface area contributed by atoms with Crippen molar-refractivity contribution in [1.82, 2.24) is 24.4 Å². The van der Waals surface area contributed by atoms with Crippen molar-refractivity contribution in [3.63, 3.8) is 0 Å². The largest absolute Gasteiger partial charge is 0.458 e. The molecule has 4 heterocycles. The number of hydrogen-bond donors (Lipinski definition) is 1. The summed E-state index contributed by atoms with van der Waals surface area (Å²) in [6, 6.07) is 6.12. The van der Waals surface area contributed by atoms with Crippen molar-refractivity contribution < 1.29 is 13.7 Å². The van der Waals surface area contributed by atoms with Crippen LogP contribution in [-0.4, -0.2) is 79.6 Å². The minimum absolute atomic E-state index is 0.0221. The van der Waals surface area contributed by atoms with Crippen LogP contribution in [0.5, 0.6) is 0 Å². The number of hydrogen-bond acceptors (Lipinski definition) is 9. The fraction of sp³-hybridized carbons (Fsp3) is 0.576. The van der Waals surface area contributed by atoms with Gasteiger partial charge in [-0.3, -0.25) is 19.0 Å². The van der Waals surface area contributed by atoms with Gasteiger partial charge in [0, 0.05) is 50.2 Å². The molecule has 1 saturated heterocycles. The Morgan fingerprint density at radius 1 is 1.09 bits per heavy atom. The number of fused-ring (bicyclic) bond motifs is 1. The van der Waals surface area contributed by atoms with Crippen molar-refractivity contribution in [3.8, 4) is 0 Å². The molecule has 1 aliphatic heterocycles. The van der Waals surface area contributed by atoms with Gasteiger partial charge in [0.1, 0.15) is 11.5 Å². The third-order valence-electron chi connectivity index (χ3n) is 9.50. The Bertz CT molecular complexity index is 1610. The number of aryl methyl sites for hydroxylation is 1. The van der Waals surface area contributed by atoms with E-state index in [0.29, 0.717) is 47.9 Å². The second kappa shape index (κ2) is 14.6. The summed E-state index contributed by atoms with van der Waals surface area (Å²) in [6.45, 7) is 15.2. The molecule has 1 atom stereocenters. The van der Waals surface area contributed by atoms with Crippen LogP contribution in [-0.2, 0) is 8.91 Å².